The molecule has 0 radical (unpaired) electrons. The van der Waals surface area contributed by atoms with Crippen molar-refractivity contribution in [2.24, 2.45) is 5.10 Å². The number of hydrazone groups is 1. The first-order chi connectivity index (χ1) is 12.2. The summed E-state index contributed by atoms with van der Waals surface area (Å²) < 4.78 is 19.1. The summed E-state index contributed by atoms with van der Waals surface area (Å²) in [6.07, 6.45) is 1.26. The van der Waals surface area contributed by atoms with Gasteiger partial charge >= 0.3 is 5.91 Å². The lowest BCUT2D eigenvalue weighted by atomic mass is 10.1. The Kier molecular flexibility index (Phi) is 3.74. The third-order valence-corrected chi connectivity index (χ3v) is 3.92. The van der Waals surface area contributed by atoms with Crippen LogP contribution in [0.3, 0.4) is 0 Å². The van der Waals surface area contributed by atoms with Crippen molar-refractivity contribution >= 4 is 33.9 Å². The van der Waals surface area contributed by atoms with Crippen molar-refractivity contribution in [3.63, 3.8) is 0 Å². The van der Waals surface area contributed by atoms with Crippen molar-refractivity contribution in [3.05, 3.63) is 83.9 Å². The molecule has 0 aliphatic carbocycles. The van der Waals surface area contributed by atoms with Gasteiger partial charge in [0.2, 0.25) is 0 Å². The summed E-state index contributed by atoms with van der Waals surface area (Å²) in [5.41, 5.74) is 3.27. The van der Waals surface area contributed by atoms with Crippen LogP contribution in [0.5, 0.6) is 0 Å². The Labute approximate surface area is 142 Å². The molecule has 4 aromatic rings. The van der Waals surface area contributed by atoms with E-state index < -0.39 is 11.7 Å². The number of carbonyl (C=O) groups excluding carboxylic acids is 1. The van der Waals surface area contributed by atoms with Gasteiger partial charge in [-0.3, -0.25) is 4.79 Å². The van der Waals surface area contributed by atoms with Gasteiger partial charge in [-0.2, -0.15) is 5.10 Å². The number of nitrogens with zero attached hydrogens (tertiary/aromatic N) is 1. The van der Waals surface area contributed by atoms with Crippen molar-refractivity contribution in [1.82, 2.24) is 5.43 Å². The Balaban J connectivity index is 1.60. The van der Waals surface area contributed by atoms with Gasteiger partial charge in [0.15, 0.2) is 5.76 Å². The fraction of sp³-hybridized carbons (Fsp3) is 0. The summed E-state index contributed by atoms with van der Waals surface area (Å²) in [4.78, 5) is 12.2. The maximum Gasteiger partial charge on any atom is 0.307 e. The fourth-order valence-electron chi connectivity index (χ4n) is 2.70. The van der Waals surface area contributed by atoms with Gasteiger partial charge in [0.25, 0.3) is 0 Å². The quantitative estimate of drug-likeness (QED) is 0.444. The minimum atomic E-state index is -0.493. The van der Waals surface area contributed by atoms with Crippen molar-refractivity contribution in [1.29, 1.82) is 0 Å². The molecule has 4 nitrogen and oxygen atoms in total. The lowest BCUT2D eigenvalue weighted by molar-refractivity contribution is 0.0929. The van der Waals surface area contributed by atoms with Crippen LogP contribution >= 0.6 is 0 Å². The smallest absolute Gasteiger partial charge is 0.307 e. The normalized spacial score (nSPS) is 11.4. The highest BCUT2D eigenvalue weighted by Crippen LogP contribution is 2.28. The lowest BCUT2D eigenvalue weighted by Crippen LogP contribution is -2.16. The second-order valence-corrected chi connectivity index (χ2v) is 5.53. The van der Waals surface area contributed by atoms with E-state index in [1.165, 1.54) is 12.3 Å². The Morgan fingerprint density at radius 3 is 2.68 bits per heavy atom. The average molecular weight is 332 g/mol. The predicted octanol–water partition coefficient (Wildman–Crippen LogP) is 4.49. The number of benzene rings is 3. The number of rotatable bonds is 3. The minimum absolute atomic E-state index is 0.150. The molecule has 122 valence electrons. The Hall–Kier alpha value is -3.47. The van der Waals surface area contributed by atoms with Gasteiger partial charge in [0.1, 0.15) is 11.4 Å². The topological polar surface area (TPSA) is 54.6 Å². The molecule has 1 heterocycles. The molecular weight excluding hydrogens is 319 g/mol. The number of nitrogens with one attached hydrogen (secondary N) is 1. The van der Waals surface area contributed by atoms with E-state index in [0.29, 0.717) is 11.1 Å². The molecule has 0 aliphatic rings. The Morgan fingerprint density at radius 1 is 1.00 bits per heavy atom. The van der Waals surface area contributed by atoms with Crippen LogP contribution in [-0.2, 0) is 0 Å². The van der Waals surface area contributed by atoms with Crippen LogP contribution in [0.1, 0.15) is 16.1 Å². The zero-order chi connectivity index (χ0) is 17.2. The molecule has 0 aliphatic heterocycles. The van der Waals surface area contributed by atoms with Gasteiger partial charge < -0.3 is 4.42 Å². The Bertz CT molecular complexity index is 1120. The van der Waals surface area contributed by atoms with Crippen molar-refractivity contribution in [3.8, 4) is 0 Å². The molecule has 5 heteroatoms. The number of amides is 1. The van der Waals surface area contributed by atoms with E-state index in [0.717, 1.165) is 16.2 Å². The fourth-order valence-corrected chi connectivity index (χ4v) is 2.70. The first-order valence-corrected chi connectivity index (χ1v) is 7.71. The highest BCUT2D eigenvalue weighted by atomic mass is 19.1. The van der Waals surface area contributed by atoms with Crippen LogP contribution in [-0.4, -0.2) is 12.1 Å². The number of furan rings is 1. The molecule has 1 aromatic heterocycles. The summed E-state index contributed by atoms with van der Waals surface area (Å²) in [6.45, 7) is 0. The molecule has 4 rings (SSSR count). The van der Waals surface area contributed by atoms with Crippen molar-refractivity contribution < 1.29 is 13.6 Å². The summed E-state index contributed by atoms with van der Waals surface area (Å²) >= 11 is 0. The van der Waals surface area contributed by atoms with Gasteiger partial charge in [0, 0.05) is 10.9 Å². The van der Waals surface area contributed by atoms with E-state index in [2.05, 4.69) is 10.5 Å². The molecule has 0 fully saturated rings. The molecule has 0 bridgehead atoms. The molecule has 0 unspecified atom stereocenters. The molecule has 0 saturated carbocycles. The zero-order valence-corrected chi connectivity index (χ0v) is 13.1. The zero-order valence-electron chi connectivity index (χ0n) is 13.1. The molecular formula is C20H13FN2O2. The third-order valence-electron chi connectivity index (χ3n) is 3.92. The number of hydrogen-bond acceptors (Lipinski definition) is 3. The largest absolute Gasteiger partial charge is 0.451 e. The number of fused-ring (bicyclic) bond motifs is 3. The van der Waals surface area contributed by atoms with Crippen LogP contribution in [0.2, 0.25) is 0 Å². The molecule has 3 aromatic carbocycles. The molecule has 0 atom stereocenters. The van der Waals surface area contributed by atoms with Crippen LogP contribution in [0.4, 0.5) is 4.39 Å². The molecule has 1 amide bonds. The predicted molar refractivity (Wildman–Crippen MR) is 95.2 cm³/mol. The summed E-state index contributed by atoms with van der Waals surface area (Å²) in [5, 5.41) is 6.73. The van der Waals surface area contributed by atoms with Gasteiger partial charge in [-0.25, -0.2) is 9.82 Å². The maximum atomic E-state index is 13.5. The molecule has 25 heavy (non-hydrogen) atoms. The standard InChI is InChI=1S/C20H13FN2O2/c21-17-8-4-2-6-14(17)12-22-23-20(24)19-11-16-15-7-3-1-5-13(15)9-10-18(16)25-19/h1-12H,(H,23,24). The first-order valence-electron chi connectivity index (χ1n) is 7.71. The maximum absolute atomic E-state index is 13.5. The van der Waals surface area contributed by atoms with Gasteiger partial charge in [-0.1, -0.05) is 48.5 Å². The van der Waals surface area contributed by atoms with E-state index in [1.807, 2.05) is 36.4 Å². The van der Waals surface area contributed by atoms with E-state index in [-0.39, 0.29) is 5.76 Å². The second kappa shape index (κ2) is 6.20. The lowest BCUT2D eigenvalue weighted by Gasteiger charge is -1.96. The van der Waals surface area contributed by atoms with Gasteiger partial charge in [-0.15, -0.1) is 0 Å². The average Bonchev–Trinajstić information content (AvgIpc) is 3.08. The highest BCUT2D eigenvalue weighted by molar-refractivity contribution is 6.08. The third kappa shape index (κ3) is 2.87. The number of carbonyl (C=O) groups is 1. The molecule has 0 saturated heterocycles. The monoisotopic (exact) mass is 332 g/mol. The number of halogens is 1. The van der Waals surface area contributed by atoms with Crippen LogP contribution < -0.4 is 5.43 Å². The van der Waals surface area contributed by atoms with E-state index >= 15 is 0 Å². The molecule has 0 spiro atoms. The van der Waals surface area contributed by atoms with Crippen molar-refractivity contribution in [2.45, 2.75) is 0 Å². The number of hydrogen-bond donors (Lipinski definition) is 1. The van der Waals surface area contributed by atoms with E-state index in [9.17, 15) is 9.18 Å². The summed E-state index contributed by atoms with van der Waals surface area (Å²) in [6, 6.07) is 19.5. The van der Waals surface area contributed by atoms with Crippen LogP contribution in [0.25, 0.3) is 21.7 Å². The minimum Gasteiger partial charge on any atom is -0.451 e. The summed E-state index contributed by atoms with van der Waals surface area (Å²) in [5.74, 6) is -0.749. The second-order valence-electron chi connectivity index (χ2n) is 5.53. The molecule has 1 N–H and O–H groups in total. The van der Waals surface area contributed by atoms with Crippen LogP contribution in [0, 0.1) is 5.82 Å². The SMILES string of the molecule is O=C(NN=Cc1ccccc1F)c1cc2c(ccc3ccccc32)o1. The van der Waals surface area contributed by atoms with Crippen LogP contribution in [0.15, 0.2) is 76.2 Å². The van der Waals surface area contributed by atoms with Gasteiger partial charge in [0.05, 0.1) is 6.21 Å². The van der Waals surface area contributed by atoms with Crippen molar-refractivity contribution in [2.75, 3.05) is 0 Å². The summed E-state index contributed by atoms with van der Waals surface area (Å²) in [7, 11) is 0. The first kappa shape index (κ1) is 15.1. The van der Waals surface area contributed by atoms with E-state index in [1.54, 1.807) is 24.3 Å². The highest BCUT2D eigenvalue weighted by Gasteiger charge is 2.13. The Morgan fingerprint density at radius 2 is 1.80 bits per heavy atom. The van der Waals surface area contributed by atoms with E-state index in [4.69, 9.17) is 4.42 Å². The van der Waals surface area contributed by atoms with Gasteiger partial charge in [-0.05, 0) is 29.0 Å².